The van der Waals surface area contributed by atoms with Crippen LogP contribution in [-0.4, -0.2) is 9.55 Å². The van der Waals surface area contributed by atoms with Crippen molar-refractivity contribution >= 4 is 11.6 Å². The molecule has 0 saturated carbocycles. The first kappa shape index (κ1) is 14.9. The zero-order chi connectivity index (χ0) is 15.5. The summed E-state index contributed by atoms with van der Waals surface area (Å²) in [6.07, 6.45) is 4.86. The van der Waals surface area contributed by atoms with Gasteiger partial charge in [-0.1, -0.05) is 48.0 Å². The fourth-order valence-electron chi connectivity index (χ4n) is 2.72. The quantitative estimate of drug-likeness (QED) is 0.677. The highest BCUT2D eigenvalue weighted by molar-refractivity contribution is 6.31. The molecule has 0 saturated heterocycles. The molecular formula is C19H19ClN2. The van der Waals surface area contributed by atoms with E-state index in [-0.39, 0.29) is 0 Å². The average Bonchev–Trinajstić information content (AvgIpc) is 2.93. The molecule has 0 bridgehead atoms. The highest BCUT2D eigenvalue weighted by Gasteiger charge is 2.07. The van der Waals surface area contributed by atoms with Gasteiger partial charge in [0.15, 0.2) is 0 Å². The molecule has 22 heavy (non-hydrogen) atoms. The molecule has 0 aliphatic heterocycles. The summed E-state index contributed by atoms with van der Waals surface area (Å²) in [5.41, 5.74) is 6.21. The molecule has 0 amide bonds. The van der Waals surface area contributed by atoms with E-state index < -0.39 is 0 Å². The Kier molecular flexibility index (Phi) is 4.30. The van der Waals surface area contributed by atoms with Crippen LogP contribution in [0.2, 0.25) is 5.02 Å². The zero-order valence-electron chi connectivity index (χ0n) is 12.9. The summed E-state index contributed by atoms with van der Waals surface area (Å²) < 4.78 is 2.09. The third-order valence-electron chi connectivity index (χ3n) is 4.00. The van der Waals surface area contributed by atoms with Gasteiger partial charge in [0.05, 0.1) is 12.0 Å². The topological polar surface area (TPSA) is 17.8 Å². The summed E-state index contributed by atoms with van der Waals surface area (Å²) in [4.78, 5) is 4.54. The maximum Gasteiger partial charge on any atom is 0.0952 e. The van der Waals surface area contributed by atoms with Crippen LogP contribution in [0.1, 0.15) is 27.9 Å². The van der Waals surface area contributed by atoms with Gasteiger partial charge in [0.25, 0.3) is 0 Å². The van der Waals surface area contributed by atoms with E-state index in [0.717, 1.165) is 29.2 Å². The van der Waals surface area contributed by atoms with E-state index in [1.54, 1.807) is 0 Å². The van der Waals surface area contributed by atoms with Crippen molar-refractivity contribution in [2.24, 2.45) is 0 Å². The van der Waals surface area contributed by atoms with Crippen molar-refractivity contribution in [2.45, 2.75) is 26.8 Å². The van der Waals surface area contributed by atoms with Gasteiger partial charge >= 0.3 is 0 Å². The molecule has 0 radical (unpaired) electrons. The number of imidazole rings is 1. The normalized spacial score (nSPS) is 10.9. The second kappa shape index (κ2) is 6.37. The van der Waals surface area contributed by atoms with E-state index in [0.29, 0.717) is 0 Å². The number of aryl methyl sites for hydroxylation is 2. The second-order valence-electron chi connectivity index (χ2n) is 5.68. The van der Waals surface area contributed by atoms with Gasteiger partial charge in [-0.2, -0.15) is 0 Å². The fraction of sp³-hybridized carbons (Fsp3) is 0.211. The van der Waals surface area contributed by atoms with Gasteiger partial charge in [0, 0.05) is 24.2 Å². The van der Waals surface area contributed by atoms with Gasteiger partial charge in [0.1, 0.15) is 0 Å². The van der Waals surface area contributed by atoms with Crippen LogP contribution in [0, 0.1) is 13.8 Å². The molecule has 0 fully saturated rings. The van der Waals surface area contributed by atoms with Crippen molar-refractivity contribution < 1.29 is 0 Å². The summed E-state index contributed by atoms with van der Waals surface area (Å²) in [6.45, 7) is 5.06. The fourth-order valence-corrected chi connectivity index (χ4v) is 2.91. The third-order valence-corrected chi connectivity index (χ3v) is 4.37. The largest absolute Gasteiger partial charge is 0.333 e. The standard InChI is InChI=1S/C19H19ClN2/c1-14-6-5-7-15(2)18(14)10-17-12-22(13-21-17)11-16-8-3-4-9-19(16)20/h3-9,12-13H,10-11H2,1-2H3. The van der Waals surface area contributed by atoms with Gasteiger partial charge in [-0.3, -0.25) is 0 Å². The predicted octanol–water partition coefficient (Wildman–Crippen LogP) is 4.79. The van der Waals surface area contributed by atoms with Gasteiger partial charge in [-0.05, 0) is 42.2 Å². The molecule has 2 aromatic carbocycles. The Balaban J connectivity index is 1.78. The van der Waals surface area contributed by atoms with Crippen molar-refractivity contribution in [3.8, 4) is 0 Å². The van der Waals surface area contributed by atoms with Gasteiger partial charge in [-0.15, -0.1) is 0 Å². The van der Waals surface area contributed by atoms with Crippen LogP contribution < -0.4 is 0 Å². The van der Waals surface area contributed by atoms with E-state index in [2.05, 4.69) is 47.8 Å². The number of benzene rings is 2. The Bertz CT molecular complexity index is 769. The Morgan fingerprint density at radius 3 is 2.45 bits per heavy atom. The molecule has 0 unspecified atom stereocenters. The first-order valence-electron chi connectivity index (χ1n) is 7.42. The minimum atomic E-state index is 0.749. The summed E-state index contributed by atoms with van der Waals surface area (Å²) in [7, 11) is 0. The number of rotatable bonds is 4. The van der Waals surface area contributed by atoms with E-state index in [9.17, 15) is 0 Å². The van der Waals surface area contributed by atoms with Crippen LogP contribution in [0.25, 0.3) is 0 Å². The number of aromatic nitrogens is 2. The summed E-state index contributed by atoms with van der Waals surface area (Å²) >= 11 is 6.22. The Labute approximate surface area is 136 Å². The first-order chi connectivity index (χ1) is 10.6. The number of hydrogen-bond donors (Lipinski definition) is 0. The lowest BCUT2D eigenvalue weighted by molar-refractivity contribution is 0.796. The predicted molar refractivity (Wildman–Crippen MR) is 91.5 cm³/mol. The molecule has 112 valence electrons. The zero-order valence-corrected chi connectivity index (χ0v) is 13.6. The van der Waals surface area contributed by atoms with Crippen LogP contribution >= 0.6 is 11.6 Å². The average molecular weight is 311 g/mol. The van der Waals surface area contributed by atoms with Crippen LogP contribution in [0.5, 0.6) is 0 Å². The maximum atomic E-state index is 6.22. The SMILES string of the molecule is Cc1cccc(C)c1Cc1cn(Cc2ccccc2Cl)cn1. The summed E-state index contributed by atoms with van der Waals surface area (Å²) in [5, 5.41) is 0.799. The number of nitrogens with zero attached hydrogens (tertiary/aromatic N) is 2. The second-order valence-corrected chi connectivity index (χ2v) is 6.08. The molecule has 0 N–H and O–H groups in total. The first-order valence-corrected chi connectivity index (χ1v) is 7.80. The molecule has 3 heteroatoms. The maximum absolute atomic E-state index is 6.22. The van der Waals surface area contributed by atoms with Gasteiger partial charge in [0.2, 0.25) is 0 Å². The molecule has 0 spiro atoms. The lowest BCUT2D eigenvalue weighted by Gasteiger charge is -2.07. The smallest absolute Gasteiger partial charge is 0.0952 e. The minimum absolute atomic E-state index is 0.749. The molecule has 0 atom stereocenters. The van der Waals surface area contributed by atoms with Crippen molar-refractivity contribution in [3.05, 3.63) is 88.0 Å². The number of hydrogen-bond acceptors (Lipinski definition) is 1. The molecule has 1 aromatic heterocycles. The van der Waals surface area contributed by atoms with E-state index in [1.165, 1.54) is 16.7 Å². The molecule has 3 aromatic rings. The van der Waals surface area contributed by atoms with Gasteiger partial charge in [-0.25, -0.2) is 4.98 Å². The minimum Gasteiger partial charge on any atom is -0.333 e. The van der Waals surface area contributed by atoms with Crippen LogP contribution in [0.3, 0.4) is 0 Å². The van der Waals surface area contributed by atoms with E-state index >= 15 is 0 Å². The highest BCUT2D eigenvalue weighted by Crippen LogP contribution is 2.19. The lowest BCUT2D eigenvalue weighted by atomic mass is 9.99. The lowest BCUT2D eigenvalue weighted by Crippen LogP contribution is -1.98. The summed E-state index contributed by atoms with van der Waals surface area (Å²) in [5.74, 6) is 0. The molecule has 2 nitrogen and oxygen atoms in total. The monoisotopic (exact) mass is 310 g/mol. The van der Waals surface area contributed by atoms with E-state index in [4.69, 9.17) is 11.6 Å². The van der Waals surface area contributed by atoms with E-state index in [1.807, 2.05) is 30.6 Å². The van der Waals surface area contributed by atoms with Crippen molar-refractivity contribution in [3.63, 3.8) is 0 Å². The molecule has 3 rings (SSSR count). The van der Waals surface area contributed by atoms with Crippen LogP contribution in [-0.2, 0) is 13.0 Å². The number of halogens is 1. The van der Waals surface area contributed by atoms with Crippen molar-refractivity contribution in [2.75, 3.05) is 0 Å². The molecule has 1 heterocycles. The van der Waals surface area contributed by atoms with Crippen LogP contribution in [0.4, 0.5) is 0 Å². The Morgan fingerprint density at radius 1 is 1.00 bits per heavy atom. The molecule has 0 aliphatic carbocycles. The van der Waals surface area contributed by atoms with Crippen molar-refractivity contribution in [1.82, 2.24) is 9.55 Å². The summed E-state index contributed by atoms with van der Waals surface area (Å²) in [6, 6.07) is 14.3. The highest BCUT2D eigenvalue weighted by atomic mass is 35.5. The van der Waals surface area contributed by atoms with Crippen molar-refractivity contribution in [1.29, 1.82) is 0 Å². The van der Waals surface area contributed by atoms with Gasteiger partial charge < -0.3 is 4.57 Å². The van der Waals surface area contributed by atoms with Crippen LogP contribution in [0.15, 0.2) is 55.0 Å². The Hall–Kier alpha value is -2.06. The molecule has 0 aliphatic rings. The Morgan fingerprint density at radius 2 is 1.73 bits per heavy atom. The third kappa shape index (κ3) is 3.23. The molecular weight excluding hydrogens is 292 g/mol.